The van der Waals surface area contributed by atoms with Gasteiger partial charge in [0.2, 0.25) is 0 Å². The van der Waals surface area contributed by atoms with E-state index in [9.17, 15) is 5.11 Å². The maximum Gasteiger partial charge on any atom is 0.138 e. The summed E-state index contributed by atoms with van der Waals surface area (Å²) in [5.41, 5.74) is 5.47. The Morgan fingerprint density at radius 1 is 1.08 bits per heavy atom. The third-order valence-electron chi connectivity index (χ3n) is 4.10. The first kappa shape index (κ1) is 16.8. The summed E-state index contributed by atoms with van der Waals surface area (Å²) in [6.07, 6.45) is 1.69. The molecule has 0 fully saturated rings. The van der Waals surface area contributed by atoms with Crippen molar-refractivity contribution < 1.29 is 5.11 Å². The summed E-state index contributed by atoms with van der Waals surface area (Å²) in [7, 11) is 0. The summed E-state index contributed by atoms with van der Waals surface area (Å²) >= 11 is 2.12. The van der Waals surface area contributed by atoms with E-state index in [2.05, 4.69) is 37.6 Å². The van der Waals surface area contributed by atoms with Gasteiger partial charge in [-0.3, -0.25) is 4.99 Å². The molecule has 0 bridgehead atoms. The van der Waals surface area contributed by atoms with Gasteiger partial charge in [0.15, 0.2) is 0 Å². The topological polar surface area (TPSA) is 61.3 Å². The molecular weight excluding hydrogens is 437 g/mol. The van der Waals surface area contributed by atoms with Crippen molar-refractivity contribution in [3.63, 3.8) is 0 Å². The highest BCUT2D eigenvalue weighted by molar-refractivity contribution is 14.1. The van der Waals surface area contributed by atoms with Gasteiger partial charge in [-0.2, -0.15) is 0 Å². The van der Waals surface area contributed by atoms with Gasteiger partial charge in [-0.1, -0.05) is 30.3 Å². The average molecular weight is 453 g/mol. The molecule has 1 aromatic heterocycles. The number of imidazole rings is 1. The largest absolute Gasteiger partial charge is 0.506 e. The molecule has 0 atom stereocenters. The predicted molar refractivity (Wildman–Crippen MR) is 114 cm³/mol. The van der Waals surface area contributed by atoms with Crippen LogP contribution in [0.5, 0.6) is 5.75 Å². The predicted octanol–water partition coefficient (Wildman–Crippen LogP) is 5.60. The zero-order chi connectivity index (χ0) is 18.1. The van der Waals surface area contributed by atoms with Gasteiger partial charge in [-0.25, -0.2) is 4.98 Å². The van der Waals surface area contributed by atoms with Crippen molar-refractivity contribution in [3.05, 3.63) is 75.4 Å². The number of phenols is 1. The lowest BCUT2D eigenvalue weighted by atomic mass is 10.1. The molecule has 128 valence electrons. The zero-order valence-electron chi connectivity index (χ0n) is 14.1. The Labute approximate surface area is 164 Å². The van der Waals surface area contributed by atoms with Crippen molar-refractivity contribution in [2.45, 2.75) is 6.92 Å². The Bertz CT molecular complexity index is 1120. The Morgan fingerprint density at radius 3 is 2.69 bits per heavy atom. The van der Waals surface area contributed by atoms with Crippen molar-refractivity contribution in [3.8, 4) is 17.1 Å². The molecule has 0 saturated heterocycles. The van der Waals surface area contributed by atoms with E-state index in [0.29, 0.717) is 5.56 Å². The number of hydrogen-bond donors (Lipinski definition) is 2. The molecule has 0 aliphatic carbocycles. The monoisotopic (exact) mass is 453 g/mol. The van der Waals surface area contributed by atoms with E-state index >= 15 is 0 Å². The Morgan fingerprint density at radius 2 is 1.88 bits per heavy atom. The lowest BCUT2D eigenvalue weighted by Crippen LogP contribution is -1.87. The number of H-pyrrole nitrogens is 1. The van der Waals surface area contributed by atoms with Crippen LogP contribution in [0.25, 0.3) is 22.4 Å². The maximum absolute atomic E-state index is 10.2. The second kappa shape index (κ2) is 6.92. The van der Waals surface area contributed by atoms with E-state index in [-0.39, 0.29) is 5.75 Å². The van der Waals surface area contributed by atoms with Crippen molar-refractivity contribution in [1.82, 2.24) is 9.97 Å². The highest BCUT2D eigenvalue weighted by Gasteiger charge is 2.07. The number of nitrogens with one attached hydrogen (secondary N) is 1. The fourth-order valence-corrected chi connectivity index (χ4v) is 3.61. The van der Waals surface area contributed by atoms with Gasteiger partial charge in [-0.05, 0) is 65.4 Å². The number of halogens is 1. The van der Waals surface area contributed by atoms with Crippen LogP contribution in [0.2, 0.25) is 0 Å². The van der Waals surface area contributed by atoms with Crippen LogP contribution in [0.4, 0.5) is 5.69 Å². The maximum atomic E-state index is 10.2. The Balaban J connectivity index is 1.68. The van der Waals surface area contributed by atoms with E-state index in [0.717, 1.165) is 37.2 Å². The normalized spacial score (nSPS) is 11.5. The van der Waals surface area contributed by atoms with Crippen LogP contribution < -0.4 is 0 Å². The number of aromatic amines is 1. The molecule has 0 aliphatic heterocycles. The summed E-state index contributed by atoms with van der Waals surface area (Å²) in [5.74, 6) is 1.10. The Hall–Kier alpha value is -2.67. The average Bonchev–Trinajstić information content (AvgIpc) is 3.07. The molecule has 5 heteroatoms. The summed E-state index contributed by atoms with van der Waals surface area (Å²) in [5, 5.41) is 10.2. The van der Waals surface area contributed by atoms with Crippen molar-refractivity contribution in [2.24, 2.45) is 4.99 Å². The van der Waals surface area contributed by atoms with Gasteiger partial charge >= 0.3 is 0 Å². The van der Waals surface area contributed by atoms with Gasteiger partial charge in [-0.15, -0.1) is 0 Å². The standard InChI is InChI=1S/C21H16IN3O/c1-13-9-15(20(26)17(22)10-13)12-23-16-7-8-18-19(11-16)25-21(24-18)14-5-3-2-4-6-14/h2-12,26H,1H3,(H,24,25)/b23-12+. The molecule has 26 heavy (non-hydrogen) atoms. The molecule has 0 amide bonds. The molecule has 0 radical (unpaired) electrons. The molecule has 4 rings (SSSR count). The number of aryl methyl sites for hydroxylation is 1. The van der Waals surface area contributed by atoms with E-state index < -0.39 is 0 Å². The zero-order valence-corrected chi connectivity index (χ0v) is 16.2. The van der Waals surface area contributed by atoms with Gasteiger partial charge in [0.25, 0.3) is 0 Å². The summed E-state index contributed by atoms with van der Waals surface area (Å²) in [6.45, 7) is 2.00. The van der Waals surface area contributed by atoms with Crippen LogP contribution in [0.3, 0.4) is 0 Å². The first-order chi connectivity index (χ1) is 12.6. The number of rotatable bonds is 3. The first-order valence-electron chi connectivity index (χ1n) is 8.18. The second-order valence-electron chi connectivity index (χ2n) is 6.10. The van der Waals surface area contributed by atoms with E-state index in [4.69, 9.17) is 0 Å². The minimum absolute atomic E-state index is 0.257. The summed E-state index contributed by atoms with van der Waals surface area (Å²) < 4.78 is 0.819. The fourth-order valence-electron chi connectivity index (χ4n) is 2.81. The number of hydrogen-bond acceptors (Lipinski definition) is 3. The second-order valence-corrected chi connectivity index (χ2v) is 7.26. The molecule has 0 aliphatic rings. The molecule has 0 unspecified atom stereocenters. The van der Waals surface area contributed by atoms with Crippen molar-refractivity contribution in [2.75, 3.05) is 0 Å². The van der Waals surface area contributed by atoms with Gasteiger partial charge in [0.05, 0.1) is 20.3 Å². The minimum atomic E-state index is 0.257. The third-order valence-corrected chi connectivity index (χ3v) is 4.93. The summed E-state index contributed by atoms with van der Waals surface area (Å²) in [4.78, 5) is 12.5. The summed E-state index contributed by atoms with van der Waals surface area (Å²) in [6, 6.07) is 19.7. The number of aromatic hydroxyl groups is 1. The molecule has 2 N–H and O–H groups in total. The van der Waals surface area contributed by atoms with Crippen molar-refractivity contribution >= 4 is 45.5 Å². The van der Waals surface area contributed by atoms with Crippen LogP contribution in [-0.2, 0) is 0 Å². The number of phenolic OH excluding ortho intramolecular Hbond substituents is 1. The molecular formula is C21H16IN3O. The number of aliphatic imine (C=N–C) groups is 1. The lowest BCUT2D eigenvalue weighted by Gasteiger charge is -2.03. The van der Waals surface area contributed by atoms with Crippen LogP contribution in [-0.4, -0.2) is 21.3 Å². The molecule has 0 spiro atoms. The minimum Gasteiger partial charge on any atom is -0.506 e. The lowest BCUT2D eigenvalue weighted by molar-refractivity contribution is 0.470. The van der Waals surface area contributed by atoms with Crippen LogP contribution >= 0.6 is 22.6 Å². The van der Waals surface area contributed by atoms with E-state index in [1.807, 2.05) is 67.6 Å². The highest BCUT2D eigenvalue weighted by Crippen LogP contribution is 2.27. The van der Waals surface area contributed by atoms with E-state index in [1.54, 1.807) is 6.21 Å². The number of benzene rings is 3. The fraction of sp³-hybridized carbons (Fsp3) is 0.0476. The number of nitrogens with zero attached hydrogens (tertiary/aromatic N) is 2. The van der Waals surface area contributed by atoms with Crippen LogP contribution in [0.1, 0.15) is 11.1 Å². The highest BCUT2D eigenvalue weighted by atomic mass is 127. The number of aromatic nitrogens is 2. The molecule has 0 saturated carbocycles. The first-order valence-corrected chi connectivity index (χ1v) is 9.26. The molecule has 4 nitrogen and oxygen atoms in total. The number of fused-ring (bicyclic) bond motifs is 1. The molecule has 4 aromatic rings. The van der Waals surface area contributed by atoms with Gasteiger partial charge in [0.1, 0.15) is 11.6 Å². The quantitative estimate of drug-likeness (QED) is 0.314. The van der Waals surface area contributed by atoms with E-state index in [1.165, 1.54) is 0 Å². The third kappa shape index (κ3) is 3.35. The van der Waals surface area contributed by atoms with Crippen LogP contribution in [0, 0.1) is 10.5 Å². The molecule has 3 aromatic carbocycles. The van der Waals surface area contributed by atoms with Crippen LogP contribution in [0.15, 0.2) is 65.7 Å². The van der Waals surface area contributed by atoms with Crippen molar-refractivity contribution in [1.29, 1.82) is 0 Å². The van der Waals surface area contributed by atoms with Gasteiger partial charge in [0, 0.05) is 17.3 Å². The molecule has 1 heterocycles. The smallest absolute Gasteiger partial charge is 0.138 e. The Kier molecular flexibility index (Phi) is 4.46. The SMILES string of the molecule is Cc1cc(I)c(O)c(/C=N/c2ccc3[nH]c(-c4ccccc4)nc3c2)c1. The van der Waals surface area contributed by atoms with Gasteiger partial charge < -0.3 is 10.1 Å².